The molecule has 0 amide bonds. The molecule has 1 aliphatic heterocycles. The molecule has 2 heterocycles. The van der Waals surface area contributed by atoms with E-state index in [0.717, 1.165) is 26.1 Å². The van der Waals surface area contributed by atoms with Crippen molar-refractivity contribution in [3.8, 4) is 0 Å². The summed E-state index contributed by atoms with van der Waals surface area (Å²) >= 11 is 0. The highest BCUT2D eigenvalue weighted by molar-refractivity contribution is 5.48. The lowest BCUT2D eigenvalue weighted by molar-refractivity contribution is 0.625. The van der Waals surface area contributed by atoms with Gasteiger partial charge in [0.1, 0.15) is 5.82 Å². The van der Waals surface area contributed by atoms with Crippen molar-refractivity contribution < 1.29 is 0 Å². The van der Waals surface area contributed by atoms with Crippen LogP contribution in [0.3, 0.4) is 0 Å². The summed E-state index contributed by atoms with van der Waals surface area (Å²) in [7, 11) is 2.00. The van der Waals surface area contributed by atoms with Crippen LogP contribution in [-0.2, 0) is 20.0 Å². The fourth-order valence-corrected chi connectivity index (χ4v) is 1.84. The molecule has 72 valence electrons. The molecule has 0 saturated heterocycles. The first-order chi connectivity index (χ1) is 6.33. The minimum atomic E-state index is 0.911. The second kappa shape index (κ2) is 3.38. The third-order valence-corrected chi connectivity index (χ3v) is 2.42. The molecule has 0 atom stereocenters. The van der Waals surface area contributed by atoms with Gasteiger partial charge in [-0.1, -0.05) is 0 Å². The minimum Gasteiger partial charge on any atom is -0.370 e. The minimum absolute atomic E-state index is 0.911. The van der Waals surface area contributed by atoms with Gasteiger partial charge < -0.3 is 10.6 Å². The van der Waals surface area contributed by atoms with Crippen molar-refractivity contribution in [2.45, 2.75) is 19.9 Å². The van der Waals surface area contributed by atoms with E-state index >= 15 is 0 Å². The lowest BCUT2D eigenvalue weighted by atomic mass is 10.1. The van der Waals surface area contributed by atoms with Crippen LogP contribution in [0.15, 0.2) is 0 Å². The third kappa shape index (κ3) is 1.42. The number of fused-ring (bicyclic) bond motifs is 1. The number of hydrogen-bond acceptors (Lipinski definition) is 3. The Kier molecular flexibility index (Phi) is 2.22. The predicted octanol–water partition coefficient (Wildman–Crippen LogP) is 0.498. The SMILES string of the molecule is CCNc1c2c(nn1C)CNCC2. The van der Waals surface area contributed by atoms with E-state index in [2.05, 4.69) is 22.7 Å². The Bertz CT molecular complexity index is 303. The van der Waals surface area contributed by atoms with Gasteiger partial charge in [-0.2, -0.15) is 5.10 Å². The standard InChI is InChI=1S/C9H16N4/c1-3-11-9-7-4-5-10-6-8(7)12-13(9)2/h10-11H,3-6H2,1-2H3. The maximum atomic E-state index is 4.46. The summed E-state index contributed by atoms with van der Waals surface area (Å²) in [5.74, 6) is 1.19. The number of nitrogens with zero attached hydrogens (tertiary/aromatic N) is 2. The summed E-state index contributed by atoms with van der Waals surface area (Å²) in [6.07, 6.45) is 1.09. The quantitative estimate of drug-likeness (QED) is 0.696. The molecular formula is C9H16N4. The lowest BCUT2D eigenvalue weighted by Crippen LogP contribution is -2.23. The smallest absolute Gasteiger partial charge is 0.127 e. The van der Waals surface area contributed by atoms with Crippen molar-refractivity contribution in [2.24, 2.45) is 7.05 Å². The van der Waals surface area contributed by atoms with E-state index in [1.54, 1.807) is 0 Å². The first-order valence-corrected chi connectivity index (χ1v) is 4.82. The van der Waals surface area contributed by atoms with Crippen LogP contribution >= 0.6 is 0 Å². The molecule has 0 bridgehead atoms. The van der Waals surface area contributed by atoms with Crippen molar-refractivity contribution in [1.82, 2.24) is 15.1 Å². The van der Waals surface area contributed by atoms with Crippen molar-refractivity contribution >= 4 is 5.82 Å². The maximum Gasteiger partial charge on any atom is 0.127 e. The molecule has 2 N–H and O–H groups in total. The molecule has 1 aliphatic rings. The maximum absolute atomic E-state index is 4.46. The van der Waals surface area contributed by atoms with E-state index in [1.165, 1.54) is 17.1 Å². The molecule has 0 unspecified atom stereocenters. The third-order valence-electron chi connectivity index (χ3n) is 2.42. The van der Waals surface area contributed by atoms with Crippen LogP contribution < -0.4 is 10.6 Å². The van der Waals surface area contributed by atoms with E-state index in [1.807, 2.05) is 11.7 Å². The van der Waals surface area contributed by atoms with Crippen LogP contribution in [0.1, 0.15) is 18.2 Å². The van der Waals surface area contributed by atoms with E-state index in [9.17, 15) is 0 Å². The number of aryl methyl sites for hydroxylation is 1. The van der Waals surface area contributed by atoms with Gasteiger partial charge in [0.2, 0.25) is 0 Å². The Morgan fingerprint density at radius 2 is 2.46 bits per heavy atom. The summed E-state index contributed by atoms with van der Waals surface area (Å²) in [6.45, 7) is 5.05. The molecule has 4 heteroatoms. The van der Waals surface area contributed by atoms with Gasteiger partial charge >= 0.3 is 0 Å². The molecule has 0 aliphatic carbocycles. The van der Waals surface area contributed by atoms with E-state index in [0.29, 0.717) is 0 Å². The number of anilines is 1. The number of rotatable bonds is 2. The molecule has 0 fully saturated rings. The highest BCUT2D eigenvalue weighted by Gasteiger charge is 2.17. The monoisotopic (exact) mass is 180 g/mol. The van der Waals surface area contributed by atoms with Gasteiger partial charge in [-0.25, -0.2) is 0 Å². The van der Waals surface area contributed by atoms with E-state index in [-0.39, 0.29) is 0 Å². The fourth-order valence-electron chi connectivity index (χ4n) is 1.84. The summed E-state index contributed by atoms with van der Waals surface area (Å²) in [5.41, 5.74) is 2.59. The number of nitrogens with one attached hydrogen (secondary N) is 2. The normalized spacial score (nSPS) is 15.5. The molecule has 1 aromatic rings. The van der Waals surface area contributed by atoms with Gasteiger partial charge in [0.05, 0.1) is 5.69 Å². The van der Waals surface area contributed by atoms with Crippen LogP contribution in [-0.4, -0.2) is 22.9 Å². The summed E-state index contributed by atoms with van der Waals surface area (Å²) < 4.78 is 1.95. The molecule has 13 heavy (non-hydrogen) atoms. The van der Waals surface area contributed by atoms with Gasteiger partial charge in [-0.05, 0) is 19.9 Å². The molecular weight excluding hydrogens is 164 g/mol. The molecule has 0 radical (unpaired) electrons. The topological polar surface area (TPSA) is 41.9 Å². The Hall–Kier alpha value is -1.03. The van der Waals surface area contributed by atoms with E-state index < -0.39 is 0 Å². The van der Waals surface area contributed by atoms with Gasteiger partial charge in [0, 0.05) is 25.7 Å². The molecule has 0 aromatic carbocycles. The lowest BCUT2D eigenvalue weighted by Gasteiger charge is -2.12. The van der Waals surface area contributed by atoms with Crippen molar-refractivity contribution in [1.29, 1.82) is 0 Å². The largest absolute Gasteiger partial charge is 0.370 e. The molecule has 1 aromatic heterocycles. The van der Waals surface area contributed by atoms with Crippen LogP contribution in [0.4, 0.5) is 5.82 Å². The van der Waals surface area contributed by atoms with Crippen LogP contribution in [0, 0.1) is 0 Å². The Balaban J connectivity index is 2.36. The summed E-state index contributed by atoms with van der Waals surface area (Å²) in [6, 6.07) is 0. The second-order valence-electron chi connectivity index (χ2n) is 3.35. The fraction of sp³-hybridized carbons (Fsp3) is 0.667. The molecule has 0 saturated carbocycles. The number of aromatic nitrogens is 2. The van der Waals surface area contributed by atoms with Gasteiger partial charge in [0.15, 0.2) is 0 Å². The molecule has 2 rings (SSSR count). The zero-order valence-corrected chi connectivity index (χ0v) is 8.22. The number of hydrogen-bond donors (Lipinski definition) is 2. The Labute approximate surface area is 78.3 Å². The Morgan fingerprint density at radius 1 is 1.62 bits per heavy atom. The van der Waals surface area contributed by atoms with Crippen LogP contribution in [0.2, 0.25) is 0 Å². The van der Waals surface area contributed by atoms with Crippen LogP contribution in [0.25, 0.3) is 0 Å². The highest BCUT2D eigenvalue weighted by atomic mass is 15.3. The Morgan fingerprint density at radius 3 is 3.23 bits per heavy atom. The summed E-state index contributed by atoms with van der Waals surface area (Å²) in [5, 5.41) is 11.1. The van der Waals surface area contributed by atoms with E-state index in [4.69, 9.17) is 0 Å². The van der Waals surface area contributed by atoms with Crippen molar-refractivity contribution in [2.75, 3.05) is 18.4 Å². The summed E-state index contributed by atoms with van der Waals surface area (Å²) in [4.78, 5) is 0. The second-order valence-corrected chi connectivity index (χ2v) is 3.35. The van der Waals surface area contributed by atoms with Crippen LogP contribution in [0.5, 0.6) is 0 Å². The highest BCUT2D eigenvalue weighted by Crippen LogP contribution is 2.21. The average molecular weight is 180 g/mol. The first-order valence-electron chi connectivity index (χ1n) is 4.82. The van der Waals surface area contributed by atoms with Crippen molar-refractivity contribution in [3.05, 3.63) is 11.3 Å². The van der Waals surface area contributed by atoms with Crippen molar-refractivity contribution in [3.63, 3.8) is 0 Å². The molecule has 4 nitrogen and oxygen atoms in total. The van der Waals surface area contributed by atoms with Gasteiger partial charge in [-0.3, -0.25) is 4.68 Å². The van der Waals surface area contributed by atoms with Gasteiger partial charge in [0.25, 0.3) is 0 Å². The average Bonchev–Trinajstić information content (AvgIpc) is 2.44. The zero-order valence-electron chi connectivity index (χ0n) is 8.22. The first kappa shape index (κ1) is 8.56. The molecule has 0 spiro atoms. The predicted molar refractivity (Wildman–Crippen MR) is 52.8 cm³/mol. The van der Waals surface area contributed by atoms with Gasteiger partial charge in [-0.15, -0.1) is 0 Å². The zero-order chi connectivity index (χ0) is 9.26.